The quantitative estimate of drug-likeness (QED) is 0.802. The van der Waals surface area contributed by atoms with Crippen LogP contribution >= 0.6 is 0 Å². The summed E-state index contributed by atoms with van der Waals surface area (Å²) in [4.78, 5) is 13.8. The Morgan fingerprint density at radius 1 is 1.26 bits per heavy atom. The highest BCUT2D eigenvalue weighted by molar-refractivity contribution is 5.97. The number of benzene rings is 1. The van der Waals surface area contributed by atoms with E-state index in [1.807, 2.05) is 0 Å². The molecular weight excluding hydrogens is 242 g/mol. The van der Waals surface area contributed by atoms with E-state index in [4.69, 9.17) is 4.74 Å². The number of carbonyl (C=O) groups is 1. The zero-order valence-electron chi connectivity index (χ0n) is 11.3. The third kappa shape index (κ3) is 3.47. The van der Waals surface area contributed by atoms with Crippen molar-refractivity contribution < 1.29 is 14.6 Å². The Hall–Kier alpha value is -1.55. The van der Waals surface area contributed by atoms with Crippen molar-refractivity contribution in [2.24, 2.45) is 0 Å². The van der Waals surface area contributed by atoms with Gasteiger partial charge in [0, 0.05) is 5.69 Å². The van der Waals surface area contributed by atoms with Gasteiger partial charge in [0.25, 0.3) is 5.91 Å². The molecule has 1 N–H and O–H groups in total. The summed E-state index contributed by atoms with van der Waals surface area (Å²) in [6.07, 6.45) is 5.09. The van der Waals surface area contributed by atoms with E-state index in [2.05, 4.69) is 6.92 Å². The first-order valence-electron chi connectivity index (χ1n) is 6.94. The number of anilines is 1. The first-order chi connectivity index (χ1) is 9.22. The lowest BCUT2D eigenvalue weighted by atomic mass is 10.1. The van der Waals surface area contributed by atoms with Crippen LogP contribution in [0.3, 0.4) is 0 Å². The molecule has 19 heavy (non-hydrogen) atoms. The lowest BCUT2D eigenvalue weighted by Crippen LogP contribution is -2.29. The Morgan fingerprint density at radius 2 is 2.00 bits per heavy atom. The molecule has 1 aromatic carbocycles. The SMILES string of the molecule is CCCCCC[C@H]1OCN(c2ccc(O)cc2)C1=O. The number of nitrogens with zero attached hydrogens (tertiary/aromatic N) is 1. The number of phenolic OH excluding ortho intramolecular Hbond substituents is 1. The van der Waals surface area contributed by atoms with Crippen LogP contribution in [0.4, 0.5) is 5.69 Å². The topological polar surface area (TPSA) is 49.8 Å². The second-order valence-electron chi connectivity index (χ2n) is 4.92. The van der Waals surface area contributed by atoms with Crippen molar-refractivity contribution in [1.29, 1.82) is 0 Å². The molecule has 1 aliphatic rings. The molecular formula is C15H21NO3. The average molecular weight is 263 g/mol. The Balaban J connectivity index is 1.88. The second-order valence-corrected chi connectivity index (χ2v) is 4.92. The molecule has 0 aromatic heterocycles. The maximum absolute atomic E-state index is 12.2. The number of amides is 1. The maximum atomic E-state index is 12.2. The largest absolute Gasteiger partial charge is 0.508 e. The van der Waals surface area contributed by atoms with Crippen LogP contribution in [0.2, 0.25) is 0 Å². The Kier molecular flexibility index (Phi) is 4.80. The van der Waals surface area contributed by atoms with Gasteiger partial charge in [-0.2, -0.15) is 0 Å². The van der Waals surface area contributed by atoms with Gasteiger partial charge < -0.3 is 9.84 Å². The fourth-order valence-corrected chi connectivity index (χ4v) is 2.27. The highest BCUT2D eigenvalue weighted by atomic mass is 16.5. The normalized spacial score (nSPS) is 19.1. The predicted molar refractivity (Wildman–Crippen MR) is 74.1 cm³/mol. The van der Waals surface area contributed by atoms with Crippen LogP contribution in [-0.4, -0.2) is 23.8 Å². The number of carbonyl (C=O) groups excluding carboxylic acids is 1. The minimum Gasteiger partial charge on any atom is -0.508 e. The summed E-state index contributed by atoms with van der Waals surface area (Å²) in [5.41, 5.74) is 0.777. The van der Waals surface area contributed by atoms with Gasteiger partial charge in [0.15, 0.2) is 0 Å². The highest BCUT2D eigenvalue weighted by Crippen LogP contribution is 2.25. The molecule has 0 radical (unpaired) electrons. The van der Waals surface area contributed by atoms with Crippen molar-refractivity contribution in [2.75, 3.05) is 11.6 Å². The number of unbranched alkanes of at least 4 members (excludes halogenated alkanes) is 3. The van der Waals surface area contributed by atoms with Crippen molar-refractivity contribution in [2.45, 2.75) is 45.1 Å². The van der Waals surface area contributed by atoms with Crippen LogP contribution in [0.15, 0.2) is 24.3 Å². The smallest absolute Gasteiger partial charge is 0.258 e. The van der Waals surface area contributed by atoms with Crippen molar-refractivity contribution in [3.05, 3.63) is 24.3 Å². The molecule has 1 heterocycles. The number of rotatable bonds is 6. The number of hydrogen-bond acceptors (Lipinski definition) is 3. The molecule has 1 amide bonds. The van der Waals surface area contributed by atoms with E-state index in [9.17, 15) is 9.90 Å². The Bertz CT molecular complexity index is 416. The monoisotopic (exact) mass is 263 g/mol. The van der Waals surface area contributed by atoms with Gasteiger partial charge >= 0.3 is 0 Å². The van der Waals surface area contributed by atoms with Crippen LogP contribution < -0.4 is 4.90 Å². The van der Waals surface area contributed by atoms with E-state index < -0.39 is 0 Å². The third-order valence-corrected chi connectivity index (χ3v) is 3.43. The van der Waals surface area contributed by atoms with E-state index in [0.717, 1.165) is 24.9 Å². The van der Waals surface area contributed by atoms with Gasteiger partial charge in [0.05, 0.1) is 0 Å². The Labute approximate surface area is 114 Å². The number of aromatic hydroxyl groups is 1. The fraction of sp³-hybridized carbons (Fsp3) is 0.533. The molecule has 1 saturated heterocycles. The van der Waals surface area contributed by atoms with Gasteiger partial charge in [-0.3, -0.25) is 9.69 Å². The van der Waals surface area contributed by atoms with Gasteiger partial charge in [-0.05, 0) is 30.7 Å². The van der Waals surface area contributed by atoms with Crippen LogP contribution in [0.1, 0.15) is 39.0 Å². The molecule has 0 unspecified atom stereocenters. The number of hydrogen-bond donors (Lipinski definition) is 1. The van der Waals surface area contributed by atoms with E-state index in [-0.39, 0.29) is 17.8 Å². The van der Waals surface area contributed by atoms with E-state index in [1.165, 1.54) is 12.8 Å². The van der Waals surface area contributed by atoms with Crippen LogP contribution in [0, 0.1) is 0 Å². The van der Waals surface area contributed by atoms with Crippen molar-refractivity contribution in [3.63, 3.8) is 0 Å². The summed E-state index contributed by atoms with van der Waals surface area (Å²) in [7, 11) is 0. The molecule has 104 valence electrons. The van der Waals surface area contributed by atoms with Crippen LogP contribution in [0.5, 0.6) is 5.75 Å². The van der Waals surface area contributed by atoms with Gasteiger partial charge in [0.1, 0.15) is 18.6 Å². The van der Waals surface area contributed by atoms with Gasteiger partial charge in [-0.15, -0.1) is 0 Å². The Morgan fingerprint density at radius 3 is 2.68 bits per heavy atom. The summed E-state index contributed by atoms with van der Waals surface area (Å²) >= 11 is 0. The molecule has 1 fully saturated rings. The standard InChI is InChI=1S/C15H21NO3/c1-2-3-4-5-6-14-15(18)16(11-19-14)12-7-9-13(17)10-8-12/h7-10,14,17H,2-6,11H2,1H3/t14-/m1/s1. The maximum Gasteiger partial charge on any atom is 0.258 e. The molecule has 1 aliphatic heterocycles. The molecule has 4 heteroatoms. The summed E-state index contributed by atoms with van der Waals surface area (Å²) < 4.78 is 5.56. The zero-order valence-corrected chi connectivity index (χ0v) is 11.3. The second kappa shape index (κ2) is 6.57. The molecule has 1 aromatic rings. The number of ether oxygens (including phenoxy) is 1. The zero-order chi connectivity index (χ0) is 13.7. The highest BCUT2D eigenvalue weighted by Gasteiger charge is 2.32. The molecule has 0 aliphatic carbocycles. The first kappa shape index (κ1) is 13.9. The number of phenols is 1. The van der Waals surface area contributed by atoms with Gasteiger partial charge in [-0.25, -0.2) is 0 Å². The average Bonchev–Trinajstić information content (AvgIpc) is 2.77. The van der Waals surface area contributed by atoms with E-state index in [1.54, 1.807) is 29.2 Å². The summed E-state index contributed by atoms with van der Waals surface area (Å²) in [6, 6.07) is 6.63. The lowest BCUT2D eigenvalue weighted by molar-refractivity contribution is -0.122. The molecule has 0 bridgehead atoms. The lowest BCUT2D eigenvalue weighted by Gasteiger charge is -2.14. The molecule has 0 saturated carbocycles. The van der Waals surface area contributed by atoms with Crippen molar-refractivity contribution >= 4 is 11.6 Å². The van der Waals surface area contributed by atoms with E-state index >= 15 is 0 Å². The predicted octanol–water partition coefficient (Wildman–Crippen LogP) is 3.05. The summed E-state index contributed by atoms with van der Waals surface area (Å²) in [5.74, 6) is 0.231. The van der Waals surface area contributed by atoms with Crippen LogP contribution in [0.25, 0.3) is 0 Å². The molecule has 2 rings (SSSR count). The summed E-state index contributed by atoms with van der Waals surface area (Å²) in [6.45, 7) is 2.48. The first-order valence-corrected chi connectivity index (χ1v) is 6.94. The molecule has 1 atom stereocenters. The fourth-order valence-electron chi connectivity index (χ4n) is 2.27. The minimum atomic E-state index is -0.300. The summed E-state index contributed by atoms with van der Waals surface area (Å²) in [5, 5.41) is 9.25. The van der Waals surface area contributed by atoms with Crippen molar-refractivity contribution in [1.82, 2.24) is 0 Å². The third-order valence-electron chi connectivity index (χ3n) is 3.43. The molecule has 0 spiro atoms. The van der Waals surface area contributed by atoms with Crippen molar-refractivity contribution in [3.8, 4) is 5.75 Å². The van der Waals surface area contributed by atoms with Crippen LogP contribution in [-0.2, 0) is 9.53 Å². The van der Waals surface area contributed by atoms with Gasteiger partial charge in [0.2, 0.25) is 0 Å². The minimum absolute atomic E-state index is 0.0298. The van der Waals surface area contributed by atoms with Gasteiger partial charge in [-0.1, -0.05) is 32.6 Å². The van der Waals surface area contributed by atoms with E-state index in [0.29, 0.717) is 6.73 Å². The molecule has 4 nitrogen and oxygen atoms in total.